The summed E-state index contributed by atoms with van der Waals surface area (Å²) in [6, 6.07) is -0.690. The lowest BCUT2D eigenvalue weighted by molar-refractivity contribution is -0.151. The Morgan fingerprint density at radius 3 is 1.15 bits per heavy atom. The number of rotatable bonds is 43. The van der Waals surface area contributed by atoms with Crippen molar-refractivity contribution in [3.63, 3.8) is 0 Å². The number of aliphatic hydroxyl groups excluding tert-OH is 2. The second-order valence-electron chi connectivity index (χ2n) is 16.5. The molecular formula is C47H93NO5. The van der Waals surface area contributed by atoms with Crippen molar-refractivity contribution in [3.05, 3.63) is 0 Å². The van der Waals surface area contributed by atoms with Crippen molar-refractivity contribution in [1.29, 1.82) is 0 Å². The summed E-state index contributed by atoms with van der Waals surface area (Å²) in [5.74, 6) is -0.458. The molecule has 53 heavy (non-hydrogen) atoms. The zero-order chi connectivity index (χ0) is 38.9. The van der Waals surface area contributed by atoms with E-state index in [2.05, 4.69) is 26.1 Å². The molecule has 0 bridgehead atoms. The van der Waals surface area contributed by atoms with Crippen LogP contribution in [0.5, 0.6) is 0 Å². The Balaban J connectivity index is 4.50. The van der Waals surface area contributed by atoms with Crippen LogP contribution < -0.4 is 5.32 Å². The second kappa shape index (κ2) is 42.0. The summed E-state index contributed by atoms with van der Waals surface area (Å²) < 4.78 is 5.90. The number of carbonyl (C=O) groups is 2. The quantitative estimate of drug-likeness (QED) is 0.0426. The topological polar surface area (TPSA) is 95.9 Å². The van der Waals surface area contributed by atoms with Crippen LogP contribution in [0.2, 0.25) is 0 Å². The molecule has 0 aromatic heterocycles. The van der Waals surface area contributed by atoms with Crippen LogP contribution in [-0.2, 0) is 14.3 Å². The largest absolute Gasteiger partial charge is 0.462 e. The summed E-state index contributed by atoms with van der Waals surface area (Å²) in [5, 5.41) is 23.7. The van der Waals surface area contributed by atoms with Crippen LogP contribution in [0, 0.1) is 0 Å². The van der Waals surface area contributed by atoms with Gasteiger partial charge in [0.25, 0.3) is 0 Å². The first kappa shape index (κ1) is 51.9. The molecule has 0 aliphatic rings. The summed E-state index contributed by atoms with van der Waals surface area (Å²) in [6.45, 7) is 6.48. The van der Waals surface area contributed by atoms with Crippen molar-refractivity contribution < 1.29 is 24.5 Å². The minimum Gasteiger partial charge on any atom is -0.462 e. The lowest BCUT2D eigenvalue weighted by Crippen LogP contribution is -2.46. The molecule has 6 heteroatoms. The number of aliphatic hydroxyl groups is 2. The number of unbranched alkanes of at least 4 members (excludes halogenated alkanes) is 31. The fraction of sp³-hybridized carbons (Fsp3) is 0.957. The van der Waals surface area contributed by atoms with Gasteiger partial charge in [0.05, 0.1) is 25.2 Å². The van der Waals surface area contributed by atoms with Crippen LogP contribution in [0.4, 0.5) is 0 Å². The number of carbonyl (C=O) groups excluding carboxylic acids is 2. The number of hydrogen-bond donors (Lipinski definition) is 3. The summed E-state index contributed by atoms with van der Waals surface area (Å²) in [5.41, 5.74) is 0. The molecule has 1 amide bonds. The second-order valence-corrected chi connectivity index (χ2v) is 16.5. The maximum Gasteiger partial charge on any atom is 0.306 e. The van der Waals surface area contributed by atoms with Crippen LogP contribution in [0.1, 0.15) is 265 Å². The minimum atomic E-state index is -0.777. The van der Waals surface area contributed by atoms with Gasteiger partial charge in [0.15, 0.2) is 0 Å². The zero-order valence-electron chi connectivity index (χ0n) is 35.9. The van der Waals surface area contributed by atoms with Gasteiger partial charge in [-0.1, -0.05) is 226 Å². The van der Waals surface area contributed by atoms with Crippen molar-refractivity contribution >= 4 is 11.9 Å². The van der Waals surface area contributed by atoms with E-state index in [1.54, 1.807) is 0 Å². The molecule has 3 atom stereocenters. The molecule has 3 unspecified atom stereocenters. The van der Waals surface area contributed by atoms with E-state index in [-0.39, 0.29) is 24.9 Å². The Hall–Kier alpha value is -1.14. The first-order valence-electron chi connectivity index (χ1n) is 23.8. The SMILES string of the molecule is CCCCCCCCCCCCCCCC(O)C(CO)NC(=O)CC(CCCCCCCCCCCCC)OC(=O)CCCCCCCCCCCC. The number of hydrogen-bond acceptors (Lipinski definition) is 5. The highest BCUT2D eigenvalue weighted by Gasteiger charge is 2.24. The van der Waals surface area contributed by atoms with Crippen LogP contribution in [0.15, 0.2) is 0 Å². The van der Waals surface area contributed by atoms with Crippen LogP contribution >= 0.6 is 0 Å². The molecular weight excluding hydrogens is 659 g/mol. The number of ether oxygens (including phenoxy) is 1. The molecule has 3 N–H and O–H groups in total. The van der Waals surface area contributed by atoms with E-state index in [0.29, 0.717) is 19.3 Å². The average molecular weight is 752 g/mol. The summed E-state index contributed by atoms with van der Waals surface area (Å²) >= 11 is 0. The van der Waals surface area contributed by atoms with E-state index in [4.69, 9.17) is 4.74 Å². The predicted octanol–water partition coefficient (Wildman–Crippen LogP) is 13.6. The van der Waals surface area contributed by atoms with Crippen molar-refractivity contribution in [3.8, 4) is 0 Å². The molecule has 6 nitrogen and oxygen atoms in total. The van der Waals surface area contributed by atoms with E-state index in [1.807, 2.05) is 0 Å². The van der Waals surface area contributed by atoms with Gasteiger partial charge in [0.1, 0.15) is 6.10 Å². The highest BCUT2D eigenvalue weighted by atomic mass is 16.5. The van der Waals surface area contributed by atoms with E-state index < -0.39 is 18.2 Å². The van der Waals surface area contributed by atoms with E-state index in [0.717, 1.165) is 44.9 Å². The predicted molar refractivity (Wildman–Crippen MR) is 227 cm³/mol. The van der Waals surface area contributed by atoms with Gasteiger partial charge in [-0.15, -0.1) is 0 Å². The maximum atomic E-state index is 13.1. The molecule has 0 spiro atoms. The van der Waals surface area contributed by atoms with Gasteiger partial charge in [-0.05, 0) is 25.7 Å². The number of amides is 1. The summed E-state index contributed by atoms with van der Waals surface area (Å²) in [4.78, 5) is 25.9. The molecule has 0 aliphatic heterocycles. The van der Waals surface area contributed by atoms with Gasteiger partial charge in [0.2, 0.25) is 5.91 Å². The third-order valence-electron chi connectivity index (χ3n) is 11.2. The van der Waals surface area contributed by atoms with E-state index in [1.165, 1.54) is 173 Å². The van der Waals surface area contributed by atoms with Crippen LogP contribution in [0.25, 0.3) is 0 Å². The standard InChI is InChI=1S/C47H93NO5/c1-4-7-10-13-16-19-22-23-25-27-30-33-36-39-45(50)44(42-49)48-46(51)41-43(38-35-32-29-26-24-20-17-14-11-8-5-2)53-47(52)40-37-34-31-28-21-18-15-12-9-6-3/h43-45,49-50H,4-42H2,1-3H3,(H,48,51). The van der Waals surface area contributed by atoms with Crippen LogP contribution in [-0.4, -0.2) is 46.9 Å². The maximum absolute atomic E-state index is 13.1. The Morgan fingerprint density at radius 2 is 0.792 bits per heavy atom. The molecule has 0 heterocycles. The average Bonchev–Trinajstić information content (AvgIpc) is 3.15. The zero-order valence-corrected chi connectivity index (χ0v) is 35.9. The third-order valence-corrected chi connectivity index (χ3v) is 11.2. The third kappa shape index (κ3) is 37.6. The molecule has 0 saturated heterocycles. The molecule has 0 aromatic rings. The van der Waals surface area contributed by atoms with Gasteiger partial charge < -0.3 is 20.3 Å². The van der Waals surface area contributed by atoms with Crippen LogP contribution in [0.3, 0.4) is 0 Å². The highest BCUT2D eigenvalue weighted by Crippen LogP contribution is 2.18. The summed E-state index contributed by atoms with van der Waals surface area (Å²) in [6.07, 6.45) is 43.0. The Bertz CT molecular complexity index is 761. The molecule has 316 valence electrons. The van der Waals surface area contributed by atoms with E-state index in [9.17, 15) is 19.8 Å². The van der Waals surface area contributed by atoms with Crippen molar-refractivity contribution in [1.82, 2.24) is 5.32 Å². The first-order chi connectivity index (χ1) is 26.0. The monoisotopic (exact) mass is 752 g/mol. The fourth-order valence-electron chi connectivity index (χ4n) is 7.55. The van der Waals surface area contributed by atoms with Crippen molar-refractivity contribution in [2.24, 2.45) is 0 Å². The molecule has 0 fully saturated rings. The molecule has 0 aromatic carbocycles. The van der Waals surface area contributed by atoms with Crippen molar-refractivity contribution in [2.75, 3.05) is 6.61 Å². The smallest absolute Gasteiger partial charge is 0.306 e. The fourth-order valence-corrected chi connectivity index (χ4v) is 7.55. The van der Waals surface area contributed by atoms with Gasteiger partial charge >= 0.3 is 5.97 Å². The van der Waals surface area contributed by atoms with Crippen molar-refractivity contribution in [2.45, 2.75) is 283 Å². The lowest BCUT2D eigenvalue weighted by atomic mass is 10.0. The summed E-state index contributed by atoms with van der Waals surface area (Å²) in [7, 11) is 0. The van der Waals surface area contributed by atoms with Gasteiger partial charge in [-0.3, -0.25) is 9.59 Å². The number of nitrogens with one attached hydrogen (secondary N) is 1. The molecule has 0 rings (SSSR count). The Morgan fingerprint density at radius 1 is 0.472 bits per heavy atom. The molecule has 0 radical (unpaired) electrons. The highest BCUT2D eigenvalue weighted by molar-refractivity contribution is 5.77. The lowest BCUT2D eigenvalue weighted by Gasteiger charge is -2.24. The molecule has 0 saturated carbocycles. The molecule has 0 aliphatic carbocycles. The number of esters is 1. The normalized spacial score (nSPS) is 13.2. The van der Waals surface area contributed by atoms with Gasteiger partial charge in [-0.25, -0.2) is 0 Å². The minimum absolute atomic E-state index is 0.0868. The Kier molecular flexibility index (Phi) is 41.1. The first-order valence-corrected chi connectivity index (χ1v) is 23.8. The Labute approximate surface area is 330 Å². The van der Waals surface area contributed by atoms with E-state index >= 15 is 0 Å². The van der Waals surface area contributed by atoms with Gasteiger partial charge in [0, 0.05) is 6.42 Å². The van der Waals surface area contributed by atoms with Gasteiger partial charge in [-0.2, -0.15) is 0 Å².